The number of rotatable bonds is 3. The molecule has 0 heterocycles. The SMILES string of the molecule is N#Cc1cc(Oc2c(F)cc([N+](=O)[O-])c(N)c2F)ccc1F. The van der Waals surface area contributed by atoms with Gasteiger partial charge < -0.3 is 10.5 Å². The Hall–Kier alpha value is -3.28. The second kappa shape index (κ2) is 5.61. The maximum absolute atomic E-state index is 13.9. The summed E-state index contributed by atoms with van der Waals surface area (Å²) in [5.41, 5.74) is 2.97. The van der Waals surface area contributed by atoms with Crippen LogP contribution in [0.5, 0.6) is 11.5 Å². The lowest BCUT2D eigenvalue weighted by Crippen LogP contribution is -2.03. The average molecular weight is 309 g/mol. The fourth-order valence-corrected chi connectivity index (χ4v) is 1.62. The lowest BCUT2D eigenvalue weighted by Gasteiger charge is -2.10. The van der Waals surface area contributed by atoms with Crippen LogP contribution >= 0.6 is 0 Å². The molecule has 0 aliphatic heterocycles. The van der Waals surface area contributed by atoms with E-state index in [2.05, 4.69) is 0 Å². The molecule has 0 atom stereocenters. The molecule has 112 valence electrons. The topological polar surface area (TPSA) is 102 Å². The Bertz CT molecular complexity index is 818. The van der Waals surface area contributed by atoms with Crippen molar-refractivity contribution >= 4 is 11.4 Å². The van der Waals surface area contributed by atoms with Crippen molar-refractivity contribution in [1.29, 1.82) is 5.26 Å². The van der Waals surface area contributed by atoms with Gasteiger partial charge in [0.15, 0.2) is 17.3 Å². The van der Waals surface area contributed by atoms with E-state index in [1.807, 2.05) is 0 Å². The van der Waals surface area contributed by atoms with E-state index in [4.69, 9.17) is 15.7 Å². The predicted octanol–water partition coefficient (Wildman–Crippen LogP) is 3.26. The van der Waals surface area contributed by atoms with Crippen molar-refractivity contribution in [2.75, 3.05) is 5.73 Å². The molecular weight excluding hydrogens is 303 g/mol. The maximum atomic E-state index is 13.9. The number of anilines is 1. The summed E-state index contributed by atoms with van der Waals surface area (Å²) in [5, 5.41) is 19.3. The number of halogens is 3. The number of nitro groups is 1. The van der Waals surface area contributed by atoms with Gasteiger partial charge in [-0.25, -0.2) is 13.2 Å². The van der Waals surface area contributed by atoms with Crippen molar-refractivity contribution < 1.29 is 22.8 Å². The van der Waals surface area contributed by atoms with Crippen LogP contribution in [-0.2, 0) is 0 Å². The molecule has 0 bridgehead atoms. The van der Waals surface area contributed by atoms with Gasteiger partial charge in [-0.3, -0.25) is 10.1 Å². The zero-order valence-electron chi connectivity index (χ0n) is 10.6. The summed E-state index contributed by atoms with van der Waals surface area (Å²) in [6, 6.07) is 4.77. The number of nitrogen functional groups attached to an aromatic ring is 1. The van der Waals surface area contributed by atoms with Crippen LogP contribution in [0.1, 0.15) is 5.56 Å². The van der Waals surface area contributed by atoms with E-state index in [1.54, 1.807) is 0 Å². The summed E-state index contributed by atoms with van der Waals surface area (Å²) in [6.07, 6.45) is 0. The molecule has 0 fully saturated rings. The van der Waals surface area contributed by atoms with Crippen molar-refractivity contribution in [1.82, 2.24) is 0 Å². The second-order valence-corrected chi connectivity index (χ2v) is 4.05. The van der Waals surface area contributed by atoms with Gasteiger partial charge in [0.1, 0.15) is 17.6 Å². The molecule has 0 radical (unpaired) electrons. The number of nitriles is 1. The fraction of sp³-hybridized carbons (Fsp3) is 0. The van der Waals surface area contributed by atoms with Crippen LogP contribution in [-0.4, -0.2) is 4.92 Å². The molecule has 0 spiro atoms. The molecule has 0 saturated carbocycles. The van der Waals surface area contributed by atoms with E-state index in [1.165, 1.54) is 6.07 Å². The lowest BCUT2D eigenvalue weighted by atomic mass is 10.2. The van der Waals surface area contributed by atoms with Crippen molar-refractivity contribution in [3.8, 4) is 17.6 Å². The summed E-state index contributed by atoms with van der Waals surface area (Å²) >= 11 is 0. The lowest BCUT2D eigenvalue weighted by molar-refractivity contribution is -0.384. The minimum atomic E-state index is -1.46. The van der Waals surface area contributed by atoms with Gasteiger partial charge in [-0.15, -0.1) is 0 Å². The van der Waals surface area contributed by atoms with Crippen LogP contribution in [0.2, 0.25) is 0 Å². The number of nitrogens with two attached hydrogens (primary N) is 1. The van der Waals surface area contributed by atoms with E-state index >= 15 is 0 Å². The first-order valence-corrected chi connectivity index (χ1v) is 5.64. The Labute approximate surface area is 121 Å². The van der Waals surface area contributed by atoms with Crippen LogP contribution in [0.25, 0.3) is 0 Å². The van der Waals surface area contributed by atoms with Crippen molar-refractivity contribution in [2.24, 2.45) is 0 Å². The van der Waals surface area contributed by atoms with E-state index in [0.29, 0.717) is 6.07 Å². The number of nitro benzene ring substituents is 1. The van der Waals surface area contributed by atoms with Gasteiger partial charge in [0.25, 0.3) is 5.69 Å². The van der Waals surface area contributed by atoms with Gasteiger partial charge in [0.05, 0.1) is 16.6 Å². The Morgan fingerprint density at radius 3 is 2.50 bits per heavy atom. The van der Waals surface area contributed by atoms with Gasteiger partial charge in [-0.1, -0.05) is 0 Å². The Morgan fingerprint density at radius 1 is 1.23 bits per heavy atom. The van der Waals surface area contributed by atoms with Gasteiger partial charge in [-0.2, -0.15) is 5.26 Å². The molecule has 6 nitrogen and oxygen atoms in total. The summed E-state index contributed by atoms with van der Waals surface area (Å²) in [7, 11) is 0. The standard InChI is InChI=1S/C13H6F3N3O3/c14-8-2-1-7(3-6(8)5-17)22-13-9(15)4-10(19(20)21)12(18)11(13)16/h1-4H,18H2. The van der Waals surface area contributed by atoms with Crippen molar-refractivity contribution in [3.05, 3.63) is 57.4 Å². The Morgan fingerprint density at radius 2 is 1.91 bits per heavy atom. The molecule has 0 saturated heterocycles. The summed E-state index contributed by atoms with van der Waals surface area (Å²) in [5.74, 6) is -4.88. The number of ether oxygens (including phenoxy) is 1. The predicted molar refractivity (Wildman–Crippen MR) is 68.6 cm³/mol. The number of nitrogens with zero attached hydrogens (tertiary/aromatic N) is 2. The van der Waals surface area contributed by atoms with Crippen LogP contribution in [0.15, 0.2) is 24.3 Å². The van der Waals surface area contributed by atoms with Gasteiger partial charge in [-0.05, 0) is 12.1 Å². The van der Waals surface area contributed by atoms with E-state index in [0.717, 1.165) is 18.2 Å². The molecule has 0 aliphatic carbocycles. The normalized spacial score (nSPS) is 10.1. The smallest absolute Gasteiger partial charge is 0.298 e. The molecule has 2 aromatic rings. The quantitative estimate of drug-likeness (QED) is 0.532. The minimum Gasteiger partial charge on any atom is -0.451 e. The highest BCUT2D eigenvalue weighted by atomic mass is 19.1. The van der Waals surface area contributed by atoms with Gasteiger partial charge in [0, 0.05) is 6.07 Å². The Balaban J connectivity index is 2.49. The van der Waals surface area contributed by atoms with Gasteiger partial charge in [0.2, 0.25) is 5.75 Å². The third-order valence-electron chi connectivity index (χ3n) is 2.67. The molecule has 22 heavy (non-hydrogen) atoms. The number of hydrogen-bond donors (Lipinski definition) is 1. The highest BCUT2D eigenvalue weighted by Crippen LogP contribution is 2.36. The van der Waals surface area contributed by atoms with Crippen molar-refractivity contribution in [3.63, 3.8) is 0 Å². The largest absolute Gasteiger partial charge is 0.451 e. The zero-order chi connectivity index (χ0) is 16.4. The third-order valence-corrected chi connectivity index (χ3v) is 2.67. The second-order valence-electron chi connectivity index (χ2n) is 4.05. The summed E-state index contributed by atoms with van der Waals surface area (Å²) < 4.78 is 45.7. The third kappa shape index (κ3) is 2.62. The Kier molecular flexibility index (Phi) is 3.85. The molecule has 0 amide bonds. The maximum Gasteiger partial charge on any atom is 0.298 e. The first kappa shape index (κ1) is 15.1. The zero-order valence-corrected chi connectivity index (χ0v) is 10.6. The highest BCUT2D eigenvalue weighted by Gasteiger charge is 2.25. The van der Waals surface area contributed by atoms with Crippen LogP contribution in [0.4, 0.5) is 24.5 Å². The van der Waals surface area contributed by atoms with E-state index in [-0.39, 0.29) is 5.75 Å². The van der Waals surface area contributed by atoms with Crippen LogP contribution in [0, 0.1) is 38.9 Å². The highest BCUT2D eigenvalue weighted by molar-refractivity contribution is 5.63. The minimum absolute atomic E-state index is 0.232. The number of benzene rings is 2. The summed E-state index contributed by atoms with van der Waals surface area (Å²) in [6.45, 7) is 0. The van der Waals surface area contributed by atoms with Crippen LogP contribution < -0.4 is 10.5 Å². The summed E-state index contributed by atoms with van der Waals surface area (Å²) in [4.78, 5) is 9.55. The molecular formula is C13H6F3N3O3. The monoisotopic (exact) mass is 309 g/mol. The molecule has 2 N–H and O–H groups in total. The van der Waals surface area contributed by atoms with Gasteiger partial charge >= 0.3 is 0 Å². The van der Waals surface area contributed by atoms with Crippen LogP contribution in [0.3, 0.4) is 0 Å². The van der Waals surface area contributed by atoms with E-state index < -0.39 is 45.1 Å². The molecule has 0 unspecified atom stereocenters. The molecule has 0 aromatic heterocycles. The molecule has 0 aliphatic rings. The molecule has 2 rings (SSSR count). The first-order valence-electron chi connectivity index (χ1n) is 5.64. The average Bonchev–Trinajstić information content (AvgIpc) is 2.48. The first-order chi connectivity index (χ1) is 10.3. The van der Waals surface area contributed by atoms with Crippen molar-refractivity contribution in [2.45, 2.75) is 0 Å². The fourth-order valence-electron chi connectivity index (χ4n) is 1.62. The molecule has 2 aromatic carbocycles. The van der Waals surface area contributed by atoms with E-state index in [9.17, 15) is 23.3 Å². The number of hydrogen-bond acceptors (Lipinski definition) is 5. The molecule has 9 heteroatoms.